The Bertz CT molecular complexity index is 570. The van der Waals surface area contributed by atoms with Gasteiger partial charge in [-0.1, -0.05) is 12.1 Å². The average Bonchev–Trinajstić information content (AvgIpc) is 2.45. The zero-order valence-corrected chi connectivity index (χ0v) is 11.9. The van der Waals surface area contributed by atoms with Crippen LogP contribution in [0.3, 0.4) is 0 Å². The molecule has 20 heavy (non-hydrogen) atoms. The Kier molecular flexibility index (Phi) is 4.96. The van der Waals surface area contributed by atoms with Crippen LogP contribution in [0.1, 0.15) is 23.6 Å². The smallest absolute Gasteiger partial charge is 0.162 e. The van der Waals surface area contributed by atoms with Crippen molar-refractivity contribution in [3.8, 4) is 11.5 Å². The van der Waals surface area contributed by atoms with E-state index in [9.17, 15) is 5.11 Å². The van der Waals surface area contributed by atoms with Gasteiger partial charge < -0.3 is 15.2 Å². The van der Waals surface area contributed by atoms with Crippen LogP contribution in [0, 0.1) is 6.92 Å². The number of hydrogen-bond acceptors (Lipinski definition) is 4. The number of phenols is 1. The number of rotatable bonds is 6. The number of hydrogen-bond donors (Lipinski definition) is 2. The molecule has 1 heterocycles. The zero-order valence-electron chi connectivity index (χ0n) is 11.9. The molecule has 0 unspecified atom stereocenters. The van der Waals surface area contributed by atoms with Gasteiger partial charge in [0.25, 0.3) is 0 Å². The van der Waals surface area contributed by atoms with E-state index in [1.807, 2.05) is 38.2 Å². The highest BCUT2D eigenvalue weighted by molar-refractivity contribution is 5.45. The predicted molar refractivity (Wildman–Crippen MR) is 78.8 cm³/mol. The van der Waals surface area contributed by atoms with E-state index in [4.69, 9.17) is 4.74 Å². The van der Waals surface area contributed by atoms with E-state index >= 15 is 0 Å². The highest BCUT2D eigenvalue weighted by atomic mass is 16.5. The van der Waals surface area contributed by atoms with E-state index in [1.54, 1.807) is 12.3 Å². The first kappa shape index (κ1) is 14.3. The molecule has 106 valence electrons. The van der Waals surface area contributed by atoms with Crippen molar-refractivity contribution in [2.24, 2.45) is 0 Å². The Morgan fingerprint density at radius 3 is 2.75 bits per heavy atom. The lowest BCUT2D eigenvalue weighted by atomic mass is 10.1. The molecule has 4 nitrogen and oxygen atoms in total. The van der Waals surface area contributed by atoms with Gasteiger partial charge in [-0.15, -0.1) is 0 Å². The SMILES string of the molecule is CCOc1cccc(CNCc2ccncc2C)c1O. The van der Waals surface area contributed by atoms with Crippen molar-refractivity contribution in [1.82, 2.24) is 10.3 Å². The molecule has 0 aliphatic carbocycles. The Balaban J connectivity index is 1.98. The quantitative estimate of drug-likeness (QED) is 0.849. The van der Waals surface area contributed by atoms with Crippen LogP contribution in [0.15, 0.2) is 36.7 Å². The van der Waals surface area contributed by atoms with Crippen LogP contribution in [0.4, 0.5) is 0 Å². The summed E-state index contributed by atoms with van der Waals surface area (Å²) in [5, 5.41) is 13.4. The molecule has 0 amide bonds. The molecule has 0 saturated carbocycles. The lowest BCUT2D eigenvalue weighted by Gasteiger charge is -2.11. The molecule has 4 heteroatoms. The van der Waals surface area contributed by atoms with E-state index in [0.717, 1.165) is 17.7 Å². The lowest BCUT2D eigenvalue weighted by molar-refractivity contribution is 0.316. The molecular formula is C16H20N2O2. The van der Waals surface area contributed by atoms with E-state index in [0.29, 0.717) is 18.9 Å². The fourth-order valence-corrected chi connectivity index (χ4v) is 2.01. The Morgan fingerprint density at radius 2 is 2.00 bits per heavy atom. The first-order chi connectivity index (χ1) is 9.72. The minimum Gasteiger partial charge on any atom is -0.504 e. The summed E-state index contributed by atoms with van der Waals surface area (Å²) in [4.78, 5) is 4.07. The van der Waals surface area contributed by atoms with E-state index in [2.05, 4.69) is 10.3 Å². The topological polar surface area (TPSA) is 54.4 Å². The number of ether oxygens (including phenoxy) is 1. The second kappa shape index (κ2) is 6.91. The van der Waals surface area contributed by atoms with E-state index < -0.39 is 0 Å². The largest absolute Gasteiger partial charge is 0.504 e. The minimum atomic E-state index is 0.216. The normalized spacial score (nSPS) is 10.5. The summed E-state index contributed by atoms with van der Waals surface area (Å²) in [6, 6.07) is 7.55. The summed E-state index contributed by atoms with van der Waals surface area (Å²) in [5.74, 6) is 0.750. The number of phenolic OH excluding ortho intramolecular Hbond substituents is 1. The molecule has 2 aromatic rings. The van der Waals surface area contributed by atoms with Crippen LogP contribution in [0.5, 0.6) is 11.5 Å². The van der Waals surface area contributed by atoms with Crippen molar-refractivity contribution in [2.45, 2.75) is 26.9 Å². The first-order valence-corrected chi connectivity index (χ1v) is 6.76. The number of benzene rings is 1. The lowest BCUT2D eigenvalue weighted by Crippen LogP contribution is -2.13. The number of para-hydroxylation sites is 1. The third kappa shape index (κ3) is 3.48. The number of aromatic nitrogens is 1. The summed E-state index contributed by atoms with van der Waals surface area (Å²) in [6.07, 6.45) is 3.64. The molecule has 0 aliphatic rings. The standard InChI is InChI=1S/C16H20N2O2/c1-3-20-15-6-4-5-14(16(15)19)11-18-10-13-7-8-17-9-12(13)2/h4-9,18-19H,3,10-11H2,1-2H3. The summed E-state index contributed by atoms with van der Waals surface area (Å²) < 4.78 is 5.37. The Hall–Kier alpha value is -2.07. The summed E-state index contributed by atoms with van der Waals surface area (Å²) in [5.41, 5.74) is 3.20. The van der Waals surface area contributed by atoms with Crippen LogP contribution in [0.25, 0.3) is 0 Å². The Labute approximate surface area is 119 Å². The highest BCUT2D eigenvalue weighted by Gasteiger charge is 2.07. The molecule has 2 N–H and O–H groups in total. The van der Waals surface area contributed by atoms with Gasteiger partial charge in [0.2, 0.25) is 0 Å². The number of aryl methyl sites for hydroxylation is 1. The Morgan fingerprint density at radius 1 is 1.20 bits per heavy atom. The van der Waals surface area contributed by atoms with Crippen molar-refractivity contribution in [3.63, 3.8) is 0 Å². The van der Waals surface area contributed by atoms with Gasteiger partial charge in [0.05, 0.1) is 6.61 Å². The van der Waals surface area contributed by atoms with Crippen LogP contribution in [0.2, 0.25) is 0 Å². The molecule has 0 fully saturated rings. The summed E-state index contributed by atoms with van der Waals surface area (Å²) >= 11 is 0. The molecule has 1 aromatic heterocycles. The molecule has 0 saturated heterocycles. The van der Waals surface area contributed by atoms with Crippen molar-refractivity contribution < 1.29 is 9.84 Å². The average molecular weight is 272 g/mol. The van der Waals surface area contributed by atoms with Gasteiger partial charge in [0.15, 0.2) is 11.5 Å². The number of nitrogens with one attached hydrogen (secondary N) is 1. The van der Waals surface area contributed by atoms with Crippen molar-refractivity contribution in [3.05, 3.63) is 53.3 Å². The van der Waals surface area contributed by atoms with Gasteiger partial charge in [-0.05, 0) is 37.1 Å². The van der Waals surface area contributed by atoms with Gasteiger partial charge >= 0.3 is 0 Å². The van der Waals surface area contributed by atoms with Gasteiger partial charge in [-0.3, -0.25) is 4.98 Å². The van der Waals surface area contributed by atoms with E-state index in [1.165, 1.54) is 5.56 Å². The maximum absolute atomic E-state index is 10.1. The number of pyridine rings is 1. The molecule has 1 aromatic carbocycles. The van der Waals surface area contributed by atoms with Gasteiger partial charge in [-0.2, -0.15) is 0 Å². The highest BCUT2D eigenvalue weighted by Crippen LogP contribution is 2.29. The molecule has 0 aliphatic heterocycles. The zero-order chi connectivity index (χ0) is 14.4. The van der Waals surface area contributed by atoms with Crippen LogP contribution >= 0.6 is 0 Å². The molecule has 0 atom stereocenters. The predicted octanol–water partition coefficient (Wildman–Crippen LogP) is 2.78. The fourth-order valence-electron chi connectivity index (χ4n) is 2.01. The van der Waals surface area contributed by atoms with E-state index in [-0.39, 0.29) is 5.75 Å². The fraction of sp³-hybridized carbons (Fsp3) is 0.312. The maximum atomic E-state index is 10.1. The van der Waals surface area contributed by atoms with Gasteiger partial charge in [-0.25, -0.2) is 0 Å². The summed E-state index contributed by atoms with van der Waals surface area (Å²) in [7, 11) is 0. The van der Waals surface area contributed by atoms with Crippen molar-refractivity contribution in [1.29, 1.82) is 0 Å². The van der Waals surface area contributed by atoms with Crippen LogP contribution in [-0.2, 0) is 13.1 Å². The number of aromatic hydroxyl groups is 1. The van der Waals surface area contributed by atoms with Gasteiger partial charge in [0.1, 0.15) is 0 Å². The monoisotopic (exact) mass is 272 g/mol. The third-order valence-corrected chi connectivity index (χ3v) is 3.15. The van der Waals surface area contributed by atoms with Crippen LogP contribution in [-0.4, -0.2) is 16.7 Å². The second-order valence-corrected chi connectivity index (χ2v) is 4.60. The van der Waals surface area contributed by atoms with Gasteiger partial charge in [0, 0.05) is 31.0 Å². The maximum Gasteiger partial charge on any atom is 0.162 e. The molecule has 0 radical (unpaired) electrons. The van der Waals surface area contributed by atoms with Crippen molar-refractivity contribution >= 4 is 0 Å². The summed E-state index contributed by atoms with van der Waals surface area (Å²) in [6.45, 7) is 5.82. The molecule has 0 spiro atoms. The molecule has 0 bridgehead atoms. The van der Waals surface area contributed by atoms with Crippen LogP contribution < -0.4 is 10.1 Å². The second-order valence-electron chi connectivity index (χ2n) is 4.60. The first-order valence-electron chi connectivity index (χ1n) is 6.76. The third-order valence-electron chi connectivity index (χ3n) is 3.15. The molecular weight excluding hydrogens is 252 g/mol. The minimum absolute atomic E-state index is 0.216. The molecule has 2 rings (SSSR count). The van der Waals surface area contributed by atoms with Crippen molar-refractivity contribution in [2.75, 3.05) is 6.61 Å². The number of nitrogens with zero attached hydrogens (tertiary/aromatic N) is 1.